The van der Waals surface area contributed by atoms with Crippen LogP contribution >= 0.6 is 0 Å². The molecule has 0 aromatic carbocycles. The van der Waals surface area contributed by atoms with E-state index in [-0.39, 0.29) is 23.4 Å². The van der Waals surface area contributed by atoms with Gasteiger partial charge in [0.1, 0.15) is 0 Å². The molecule has 3 nitrogen and oxygen atoms in total. The zero-order valence-electron chi connectivity index (χ0n) is 7.13. The standard InChI is InChI=1S/C8H14O3/c1-8(2)5(4-6(8)9)7(10)11-3/h5-6,9H,4H2,1-3H3. The lowest BCUT2D eigenvalue weighted by Gasteiger charge is -2.47. The van der Waals surface area contributed by atoms with Crippen LogP contribution < -0.4 is 0 Å². The van der Waals surface area contributed by atoms with Crippen LogP contribution in [0, 0.1) is 11.3 Å². The first kappa shape index (κ1) is 8.53. The molecule has 64 valence electrons. The maximum atomic E-state index is 11.0. The Morgan fingerprint density at radius 2 is 2.18 bits per heavy atom. The third-order valence-corrected chi connectivity index (χ3v) is 2.70. The van der Waals surface area contributed by atoms with Gasteiger partial charge in [-0.2, -0.15) is 0 Å². The van der Waals surface area contributed by atoms with Crippen molar-refractivity contribution < 1.29 is 14.6 Å². The third kappa shape index (κ3) is 1.13. The van der Waals surface area contributed by atoms with Crippen LogP contribution in [-0.4, -0.2) is 24.3 Å². The second-order valence-corrected chi connectivity index (χ2v) is 3.65. The van der Waals surface area contributed by atoms with Crippen molar-refractivity contribution in [3.8, 4) is 0 Å². The van der Waals surface area contributed by atoms with Gasteiger partial charge in [0, 0.05) is 5.41 Å². The summed E-state index contributed by atoms with van der Waals surface area (Å²) < 4.78 is 4.59. The van der Waals surface area contributed by atoms with Crippen molar-refractivity contribution in [3.05, 3.63) is 0 Å². The van der Waals surface area contributed by atoms with Gasteiger partial charge in [-0.1, -0.05) is 13.8 Å². The van der Waals surface area contributed by atoms with E-state index in [1.807, 2.05) is 13.8 Å². The molecular weight excluding hydrogens is 144 g/mol. The Morgan fingerprint density at radius 3 is 2.45 bits per heavy atom. The lowest BCUT2D eigenvalue weighted by atomic mass is 9.60. The number of aliphatic hydroxyl groups excluding tert-OH is 1. The van der Waals surface area contributed by atoms with Gasteiger partial charge in [-0.05, 0) is 6.42 Å². The Bertz CT molecular complexity index is 174. The molecule has 1 aliphatic rings. The zero-order chi connectivity index (χ0) is 8.65. The topological polar surface area (TPSA) is 46.5 Å². The number of ether oxygens (including phenoxy) is 1. The summed E-state index contributed by atoms with van der Waals surface area (Å²) in [6.07, 6.45) is 0.186. The first-order chi connectivity index (χ1) is 5.00. The van der Waals surface area contributed by atoms with E-state index in [2.05, 4.69) is 4.74 Å². The van der Waals surface area contributed by atoms with E-state index in [1.54, 1.807) is 0 Å². The van der Waals surface area contributed by atoms with Gasteiger partial charge in [0.25, 0.3) is 0 Å². The monoisotopic (exact) mass is 158 g/mol. The average Bonchev–Trinajstić information content (AvgIpc) is 1.98. The molecule has 0 bridgehead atoms. The lowest BCUT2D eigenvalue weighted by molar-refractivity contribution is -0.171. The van der Waals surface area contributed by atoms with Gasteiger partial charge < -0.3 is 9.84 Å². The molecule has 0 aliphatic heterocycles. The molecular formula is C8H14O3. The van der Waals surface area contributed by atoms with Gasteiger partial charge >= 0.3 is 5.97 Å². The van der Waals surface area contributed by atoms with Gasteiger partial charge in [0.15, 0.2) is 0 Å². The fourth-order valence-corrected chi connectivity index (χ4v) is 1.44. The Labute approximate surface area is 66.4 Å². The lowest BCUT2D eigenvalue weighted by Crippen LogP contribution is -2.52. The smallest absolute Gasteiger partial charge is 0.309 e. The molecule has 3 heteroatoms. The number of esters is 1. The molecule has 0 spiro atoms. The van der Waals surface area contributed by atoms with Gasteiger partial charge in [-0.15, -0.1) is 0 Å². The molecule has 0 heterocycles. The van der Waals surface area contributed by atoms with Crippen molar-refractivity contribution in [2.24, 2.45) is 11.3 Å². The molecule has 11 heavy (non-hydrogen) atoms. The van der Waals surface area contributed by atoms with Crippen molar-refractivity contribution in [3.63, 3.8) is 0 Å². The average molecular weight is 158 g/mol. The van der Waals surface area contributed by atoms with Gasteiger partial charge in [-0.25, -0.2) is 0 Å². The molecule has 0 radical (unpaired) electrons. The van der Waals surface area contributed by atoms with Crippen molar-refractivity contribution in [2.75, 3.05) is 7.11 Å². The molecule has 0 aromatic rings. The van der Waals surface area contributed by atoms with E-state index in [4.69, 9.17) is 0 Å². The summed E-state index contributed by atoms with van der Waals surface area (Å²) in [5.74, 6) is -0.331. The highest BCUT2D eigenvalue weighted by atomic mass is 16.5. The number of hydrogen-bond acceptors (Lipinski definition) is 3. The second-order valence-electron chi connectivity index (χ2n) is 3.65. The molecule has 2 atom stereocenters. The molecule has 2 unspecified atom stereocenters. The predicted octanol–water partition coefficient (Wildman–Crippen LogP) is 0.566. The molecule has 0 saturated heterocycles. The fraction of sp³-hybridized carbons (Fsp3) is 0.875. The summed E-state index contributed by atoms with van der Waals surface area (Å²) >= 11 is 0. The van der Waals surface area contributed by atoms with E-state index in [9.17, 15) is 9.90 Å². The Balaban J connectivity index is 2.59. The maximum Gasteiger partial charge on any atom is 0.309 e. The maximum absolute atomic E-state index is 11.0. The normalized spacial score (nSPS) is 34.2. The summed E-state index contributed by atoms with van der Waals surface area (Å²) in [5, 5.41) is 9.28. The first-order valence-electron chi connectivity index (χ1n) is 3.76. The summed E-state index contributed by atoms with van der Waals surface area (Å²) in [7, 11) is 1.38. The van der Waals surface area contributed by atoms with E-state index in [1.165, 1.54) is 7.11 Å². The minimum Gasteiger partial charge on any atom is -0.469 e. The molecule has 0 aromatic heterocycles. The van der Waals surface area contributed by atoms with Crippen LogP contribution in [-0.2, 0) is 9.53 Å². The summed E-state index contributed by atoms with van der Waals surface area (Å²) in [4.78, 5) is 11.0. The molecule has 1 N–H and O–H groups in total. The van der Waals surface area contributed by atoms with Gasteiger partial charge in [0.05, 0.1) is 19.1 Å². The van der Waals surface area contributed by atoms with E-state index in [0.29, 0.717) is 6.42 Å². The SMILES string of the molecule is COC(=O)C1CC(O)C1(C)C. The highest BCUT2D eigenvalue weighted by Gasteiger charge is 2.51. The van der Waals surface area contributed by atoms with Gasteiger partial charge in [0.2, 0.25) is 0 Å². The first-order valence-corrected chi connectivity index (χ1v) is 3.76. The highest BCUT2D eigenvalue weighted by Crippen LogP contribution is 2.46. The van der Waals surface area contributed by atoms with Crippen LogP contribution in [0.5, 0.6) is 0 Å². The highest BCUT2D eigenvalue weighted by molar-refractivity contribution is 5.74. The summed E-state index contributed by atoms with van der Waals surface area (Å²) in [6, 6.07) is 0. The predicted molar refractivity (Wildman–Crippen MR) is 39.9 cm³/mol. The summed E-state index contributed by atoms with van der Waals surface area (Å²) in [6.45, 7) is 3.76. The number of carbonyl (C=O) groups is 1. The van der Waals surface area contributed by atoms with Crippen LogP contribution in [0.2, 0.25) is 0 Å². The molecule has 1 fully saturated rings. The number of aliphatic hydroxyl groups is 1. The molecule has 1 rings (SSSR count). The van der Waals surface area contributed by atoms with E-state index < -0.39 is 0 Å². The van der Waals surface area contributed by atoms with Crippen molar-refractivity contribution in [1.82, 2.24) is 0 Å². The van der Waals surface area contributed by atoms with Gasteiger partial charge in [-0.3, -0.25) is 4.79 Å². The Kier molecular flexibility index (Phi) is 1.92. The van der Waals surface area contributed by atoms with E-state index in [0.717, 1.165) is 0 Å². The quantitative estimate of drug-likeness (QED) is 0.567. The number of carbonyl (C=O) groups excluding carboxylic acids is 1. The zero-order valence-corrected chi connectivity index (χ0v) is 7.13. The minimum absolute atomic E-state index is 0.123. The summed E-state index contributed by atoms with van der Waals surface area (Å²) in [5.41, 5.74) is -0.299. The van der Waals surface area contributed by atoms with Crippen LogP contribution in [0.15, 0.2) is 0 Å². The largest absolute Gasteiger partial charge is 0.469 e. The van der Waals surface area contributed by atoms with Crippen LogP contribution in [0.4, 0.5) is 0 Å². The van der Waals surface area contributed by atoms with Crippen LogP contribution in [0.3, 0.4) is 0 Å². The Hall–Kier alpha value is -0.570. The number of rotatable bonds is 1. The number of hydrogen-bond donors (Lipinski definition) is 1. The van der Waals surface area contributed by atoms with E-state index >= 15 is 0 Å². The van der Waals surface area contributed by atoms with Crippen LogP contribution in [0.25, 0.3) is 0 Å². The molecule has 1 aliphatic carbocycles. The van der Waals surface area contributed by atoms with Crippen molar-refractivity contribution in [1.29, 1.82) is 0 Å². The number of methoxy groups -OCH3 is 1. The third-order valence-electron chi connectivity index (χ3n) is 2.70. The Morgan fingerprint density at radius 1 is 1.64 bits per heavy atom. The van der Waals surface area contributed by atoms with Crippen molar-refractivity contribution >= 4 is 5.97 Å². The molecule has 0 amide bonds. The van der Waals surface area contributed by atoms with Crippen molar-refractivity contribution in [2.45, 2.75) is 26.4 Å². The second kappa shape index (κ2) is 2.48. The molecule has 1 saturated carbocycles. The minimum atomic E-state index is -0.355. The van der Waals surface area contributed by atoms with Crippen LogP contribution in [0.1, 0.15) is 20.3 Å². The fourth-order valence-electron chi connectivity index (χ4n) is 1.44.